The first-order valence-corrected chi connectivity index (χ1v) is 5.53. The van der Waals surface area contributed by atoms with Crippen molar-refractivity contribution >= 4 is 11.4 Å². The zero-order chi connectivity index (χ0) is 12.1. The molecule has 86 valence electrons. The molecule has 1 aromatic carbocycles. The highest BCUT2D eigenvalue weighted by Gasteiger charge is 2.09. The molecule has 0 heterocycles. The Balaban J connectivity index is 3.11. The van der Waals surface area contributed by atoms with Gasteiger partial charge in [-0.05, 0) is 12.5 Å². The normalized spacial score (nSPS) is 11.4. The number of aryl methyl sites for hydroxylation is 1. The molecule has 0 bridgehead atoms. The summed E-state index contributed by atoms with van der Waals surface area (Å²) in [6, 6.07) is 8.06. The first-order valence-electron chi connectivity index (χ1n) is 5.53. The zero-order valence-electron chi connectivity index (χ0n) is 10.4. The molecule has 0 N–H and O–H groups in total. The van der Waals surface area contributed by atoms with Crippen LogP contribution in [0.25, 0.3) is 5.57 Å². The van der Waals surface area contributed by atoms with E-state index in [1.165, 1.54) is 5.56 Å². The van der Waals surface area contributed by atoms with Crippen molar-refractivity contribution in [2.45, 2.75) is 20.3 Å². The standard InChI is InChI=1S/C14H19NO/c1-5-14(16)13(10-15(3)4)12-8-6-11(2)7-9-12/h6-10H,5H2,1-4H3/b13-10+. The quantitative estimate of drug-likeness (QED) is 0.723. The van der Waals surface area contributed by atoms with E-state index in [0.29, 0.717) is 6.42 Å². The molecule has 0 unspecified atom stereocenters. The second-order valence-electron chi connectivity index (χ2n) is 4.15. The van der Waals surface area contributed by atoms with Crippen molar-refractivity contribution in [3.63, 3.8) is 0 Å². The first-order chi connectivity index (χ1) is 7.54. The fourth-order valence-corrected chi connectivity index (χ4v) is 1.49. The summed E-state index contributed by atoms with van der Waals surface area (Å²) < 4.78 is 0. The molecule has 0 fully saturated rings. The molecule has 0 radical (unpaired) electrons. The number of benzene rings is 1. The van der Waals surface area contributed by atoms with Gasteiger partial charge in [0, 0.05) is 32.3 Å². The van der Waals surface area contributed by atoms with Gasteiger partial charge in [0.05, 0.1) is 0 Å². The van der Waals surface area contributed by atoms with E-state index in [0.717, 1.165) is 11.1 Å². The minimum absolute atomic E-state index is 0.178. The molecule has 0 aromatic heterocycles. The van der Waals surface area contributed by atoms with Crippen molar-refractivity contribution < 1.29 is 4.79 Å². The van der Waals surface area contributed by atoms with Crippen LogP contribution in [0, 0.1) is 6.92 Å². The average Bonchev–Trinajstić information content (AvgIpc) is 2.26. The number of hydrogen-bond acceptors (Lipinski definition) is 2. The van der Waals surface area contributed by atoms with Gasteiger partial charge in [0.2, 0.25) is 0 Å². The predicted octanol–water partition coefficient (Wildman–Crippen LogP) is 2.88. The lowest BCUT2D eigenvalue weighted by Gasteiger charge is -2.11. The number of allylic oxidation sites excluding steroid dienone is 1. The predicted molar refractivity (Wildman–Crippen MR) is 68.1 cm³/mol. The van der Waals surface area contributed by atoms with Crippen LogP contribution < -0.4 is 0 Å². The smallest absolute Gasteiger partial charge is 0.164 e. The molecular formula is C14H19NO. The van der Waals surface area contributed by atoms with Crippen molar-refractivity contribution in [1.82, 2.24) is 4.90 Å². The Morgan fingerprint density at radius 2 is 1.81 bits per heavy atom. The minimum atomic E-state index is 0.178. The van der Waals surface area contributed by atoms with Crippen LogP contribution in [0.4, 0.5) is 0 Å². The van der Waals surface area contributed by atoms with E-state index >= 15 is 0 Å². The van der Waals surface area contributed by atoms with Gasteiger partial charge in [-0.1, -0.05) is 36.8 Å². The molecule has 0 aliphatic rings. The van der Waals surface area contributed by atoms with Crippen LogP contribution in [0.5, 0.6) is 0 Å². The van der Waals surface area contributed by atoms with Crippen molar-refractivity contribution in [2.24, 2.45) is 0 Å². The van der Waals surface area contributed by atoms with E-state index < -0.39 is 0 Å². The van der Waals surface area contributed by atoms with Gasteiger partial charge in [-0.3, -0.25) is 4.79 Å². The van der Waals surface area contributed by atoms with Crippen molar-refractivity contribution in [3.05, 3.63) is 41.6 Å². The molecule has 0 aliphatic heterocycles. The van der Waals surface area contributed by atoms with Crippen LogP contribution in [0.3, 0.4) is 0 Å². The van der Waals surface area contributed by atoms with Crippen LogP contribution in [-0.2, 0) is 4.79 Å². The van der Waals surface area contributed by atoms with Gasteiger partial charge < -0.3 is 4.90 Å². The van der Waals surface area contributed by atoms with Gasteiger partial charge in [0.1, 0.15) is 0 Å². The first kappa shape index (κ1) is 12.5. The number of nitrogens with zero attached hydrogens (tertiary/aromatic N) is 1. The van der Waals surface area contributed by atoms with Gasteiger partial charge in [-0.2, -0.15) is 0 Å². The summed E-state index contributed by atoms with van der Waals surface area (Å²) >= 11 is 0. The number of rotatable bonds is 4. The topological polar surface area (TPSA) is 20.3 Å². The monoisotopic (exact) mass is 217 g/mol. The Morgan fingerprint density at radius 1 is 1.25 bits per heavy atom. The molecular weight excluding hydrogens is 198 g/mol. The maximum absolute atomic E-state index is 11.8. The molecule has 0 amide bonds. The molecule has 1 rings (SSSR count). The van der Waals surface area contributed by atoms with E-state index in [4.69, 9.17) is 0 Å². The highest BCUT2D eigenvalue weighted by Crippen LogP contribution is 2.18. The van der Waals surface area contributed by atoms with E-state index in [1.54, 1.807) is 0 Å². The minimum Gasteiger partial charge on any atom is -0.383 e. The number of ketones is 1. The van der Waals surface area contributed by atoms with Crippen LogP contribution in [0.2, 0.25) is 0 Å². The molecule has 16 heavy (non-hydrogen) atoms. The van der Waals surface area contributed by atoms with Crippen molar-refractivity contribution in [1.29, 1.82) is 0 Å². The highest BCUT2D eigenvalue weighted by molar-refractivity contribution is 6.20. The Bertz CT molecular complexity index is 388. The summed E-state index contributed by atoms with van der Waals surface area (Å²) in [5.74, 6) is 0.178. The second kappa shape index (κ2) is 5.50. The zero-order valence-corrected chi connectivity index (χ0v) is 10.4. The molecule has 2 heteroatoms. The van der Waals surface area contributed by atoms with Gasteiger partial charge in [-0.15, -0.1) is 0 Å². The molecule has 0 saturated carbocycles. The molecule has 0 saturated heterocycles. The molecule has 0 spiro atoms. The number of carbonyl (C=O) groups excluding carboxylic acids is 1. The molecule has 0 atom stereocenters. The summed E-state index contributed by atoms with van der Waals surface area (Å²) in [5.41, 5.74) is 2.98. The molecule has 0 aliphatic carbocycles. The maximum Gasteiger partial charge on any atom is 0.164 e. The molecule has 2 nitrogen and oxygen atoms in total. The largest absolute Gasteiger partial charge is 0.383 e. The number of carbonyl (C=O) groups is 1. The van der Waals surface area contributed by atoms with E-state index in [-0.39, 0.29) is 5.78 Å². The third-order valence-corrected chi connectivity index (χ3v) is 2.37. The maximum atomic E-state index is 11.8. The van der Waals surface area contributed by atoms with Crippen molar-refractivity contribution in [2.75, 3.05) is 14.1 Å². The van der Waals surface area contributed by atoms with Gasteiger partial charge >= 0.3 is 0 Å². The van der Waals surface area contributed by atoms with Crippen molar-refractivity contribution in [3.8, 4) is 0 Å². The molecule has 1 aromatic rings. The number of Topliss-reactive ketones (excluding diaryl/α,β-unsaturated/α-hetero) is 1. The fraction of sp³-hybridized carbons (Fsp3) is 0.357. The van der Waals surface area contributed by atoms with E-state index in [1.807, 2.05) is 63.3 Å². The Hall–Kier alpha value is -1.57. The summed E-state index contributed by atoms with van der Waals surface area (Å²) in [5, 5.41) is 0. The summed E-state index contributed by atoms with van der Waals surface area (Å²) in [7, 11) is 3.86. The third kappa shape index (κ3) is 3.23. The van der Waals surface area contributed by atoms with E-state index in [2.05, 4.69) is 0 Å². The van der Waals surface area contributed by atoms with Gasteiger partial charge in [0.25, 0.3) is 0 Å². The van der Waals surface area contributed by atoms with E-state index in [9.17, 15) is 4.79 Å². The highest BCUT2D eigenvalue weighted by atomic mass is 16.1. The van der Waals surface area contributed by atoms with Crippen LogP contribution in [0.15, 0.2) is 30.5 Å². The van der Waals surface area contributed by atoms with Crippen LogP contribution in [-0.4, -0.2) is 24.8 Å². The summed E-state index contributed by atoms with van der Waals surface area (Å²) in [6.07, 6.45) is 2.42. The Morgan fingerprint density at radius 3 is 2.25 bits per heavy atom. The number of hydrogen-bond donors (Lipinski definition) is 0. The van der Waals surface area contributed by atoms with Crippen LogP contribution >= 0.6 is 0 Å². The van der Waals surface area contributed by atoms with Gasteiger partial charge in [-0.25, -0.2) is 0 Å². The SMILES string of the molecule is CCC(=O)/C(=C/N(C)C)c1ccc(C)cc1. The summed E-state index contributed by atoms with van der Waals surface area (Å²) in [4.78, 5) is 13.7. The third-order valence-electron chi connectivity index (χ3n) is 2.37. The van der Waals surface area contributed by atoms with Crippen LogP contribution in [0.1, 0.15) is 24.5 Å². The lowest BCUT2D eigenvalue weighted by atomic mass is 10.00. The average molecular weight is 217 g/mol. The lowest BCUT2D eigenvalue weighted by molar-refractivity contribution is -0.113. The second-order valence-corrected chi connectivity index (χ2v) is 4.15. The fourth-order valence-electron chi connectivity index (χ4n) is 1.49. The summed E-state index contributed by atoms with van der Waals surface area (Å²) in [6.45, 7) is 3.93. The van der Waals surface area contributed by atoms with Gasteiger partial charge in [0.15, 0.2) is 5.78 Å². The Kier molecular flexibility index (Phi) is 4.29. The Labute approximate surface area is 97.6 Å². The lowest BCUT2D eigenvalue weighted by Crippen LogP contribution is -2.08.